The normalized spacial score (nSPS) is 14.0. The van der Waals surface area contributed by atoms with E-state index in [4.69, 9.17) is 4.74 Å². The molecule has 0 radical (unpaired) electrons. The van der Waals surface area contributed by atoms with Gasteiger partial charge in [0.05, 0.1) is 6.61 Å². The van der Waals surface area contributed by atoms with Crippen molar-refractivity contribution in [3.8, 4) is 0 Å². The van der Waals surface area contributed by atoms with Crippen LogP contribution in [0.25, 0.3) is 6.08 Å². The first-order chi connectivity index (χ1) is 9.15. The number of nitrogens with zero attached hydrogens (tertiary/aromatic N) is 1. The van der Waals surface area contributed by atoms with Gasteiger partial charge in [-0.05, 0) is 43.2 Å². The molecule has 0 spiro atoms. The summed E-state index contributed by atoms with van der Waals surface area (Å²) in [5.41, 5.74) is 2.67. The Labute approximate surface area is 112 Å². The summed E-state index contributed by atoms with van der Waals surface area (Å²) in [6.07, 6.45) is 3.11. The van der Waals surface area contributed by atoms with E-state index >= 15 is 0 Å². The molecule has 1 heterocycles. The molecular weight excluding hydrogens is 242 g/mol. The number of ether oxygens (including phenoxy) is 1. The molecule has 0 aliphatic carbocycles. The molecular formula is C15H17NO3. The van der Waals surface area contributed by atoms with E-state index in [1.807, 2.05) is 25.1 Å². The van der Waals surface area contributed by atoms with Crippen molar-refractivity contribution < 1.29 is 14.3 Å². The Kier molecular flexibility index (Phi) is 4.00. The summed E-state index contributed by atoms with van der Waals surface area (Å²) in [7, 11) is 0. The second-order valence-corrected chi connectivity index (χ2v) is 4.32. The van der Waals surface area contributed by atoms with E-state index in [1.54, 1.807) is 17.9 Å². The van der Waals surface area contributed by atoms with Crippen LogP contribution in [0.5, 0.6) is 0 Å². The van der Waals surface area contributed by atoms with Crippen LogP contribution in [0.3, 0.4) is 0 Å². The molecule has 100 valence electrons. The molecule has 1 aliphatic heterocycles. The molecule has 1 aliphatic rings. The molecule has 4 nitrogen and oxygen atoms in total. The van der Waals surface area contributed by atoms with Crippen molar-refractivity contribution in [2.24, 2.45) is 0 Å². The zero-order valence-electron chi connectivity index (χ0n) is 11.2. The topological polar surface area (TPSA) is 46.6 Å². The van der Waals surface area contributed by atoms with Crippen LogP contribution in [0, 0.1) is 0 Å². The van der Waals surface area contributed by atoms with E-state index < -0.39 is 0 Å². The highest BCUT2D eigenvalue weighted by Crippen LogP contribution is 2.24. The predicted molar refractivity (Wildman–Crippen MR) is 72.5 cm³/mol. The van der Waals surface area contributed by atoms with Crippen molar-refractivity contribution in [1.82, 2.24) is 4.90 Å². The van der Waals surface area contributed by atoms with Crippen molar-refractivity contribution in [2.75, 3.05) is 13.2 Å². The van der Waals surface area contributed by atoms with Crippen molar-refractivity contribution >= 4 is 18.0 Å². The molecule has 1 aromatic rings. The maximum absolute atomic E-state index is 11.9. The minimum atomic E-state index is -0.353. The fraction of sp³-hybridized carbons (Fsp3) is 0.333. The third-order valence-electron chi connectivity index (χ3n) is 3.09. The van der Waals surface area contributed by atoms with Gasteiger partial charge < -0.3 is 9.64 Å². The Hall–Kier alpha value is -2.10. The lowest BCUT2D eigenvalue weighted by atomic mass is 10.1. The van der Waals surface area contributed by atoms with Gasteiger partial charge in [0.25, 0.3) is 5.91 Å². The molecule has 2 rings (SSSR count). The molecule has 0 fully saturated rings. The van der Waals surface area contributed by atoms with Crippen LogP contribution < -0.4 is 0 Å². The smallest absolute Gasteiger partial charge is 0.330 e. The number of fused-ring (bicyclic) bond motifs is 1. The fourth-order valence-corrected chi connectivity index (χ4v) is 2.11. The average Bonchev–Trinajstić information content (AvgIpc) is 2.73. The SMILES string of the molecule is CCOC(=O)/C=C/c1ccc2c(c1)CN(CC)C2=O. The van der Waals surface area contributed by atoms with Crippen molar-refractivity contribution in [3.05, 3.63) is 41.0 Å². The van der Waals surface area contributed by atoms with Crippen LogP contribution in [0.4, 0.5) is 0 Å². The Morgan fingerprint density at radius 3 is 2.89 bits per heavy atom. The molecule has 19 heavy (non-hydrogen) atoms. The van der Waals surface area contributed by atoms with E-state index in [0.717, 1.165) is 16.7 Å². The van der Waals surface area contributed by atoms with Crippen LogP contribution >= 0.6 is 0 Å². The molecule has 4 heteroatoms. The molecule has 0 aromatic heterocycles. The summed E-state index contributed by atoms with van der Waals surface area (Å²) in [4.78, 5) is 24.9. The fourth-order valence-electron chi connectivity index (χ4n) is 2.11. The minimum absolute atomic E-state index is 0.0819. The van der Waals surface area contributed by atoms with Crippen LogP contribution in [-0.2, 0) is 16.1 Å². The number of carbonyl (C=O) groups excluding carboxylic acids is 2. The number of carbonyl (C=O) groups is 2. The minimum Gasteiger partial charge on any atom is -0.463 e. The quantitative estimate of drug-likeness (QED) is 0.615. The van der Waals surface area contributed by atoms with Crippen molar-refractivity contribution in [3.63, 3.8) is 0 Å². The first-order valence-corrected chi connectivity index (χ1v) is 6.42. The number of benzene rings is 1. The number of esters is 1. The van der Waals surface area contributed by atoms with Gasteiger partial charge in [-0.3, -0.25) is 4.79 Å². The lowest BCUT2D eigenvalue weighted by Crippen LogP contribution is -2.22. The van der Waals surface area contributed by atoms with Crippen LogP contribution in [0.15, 0.2) is 24.3 Å². The van der Waals surface area contributed by atoms with Gasteiger partial charge in [-0.15, -0.1) is 0 Å². The summed E-state index contributed by atoms with van der Waals surface area (Å²) < 4.78 is 4.82. The Bertz CT molecular complexity index is 534. The molecule has 0 unspecified atom stereocenters. The number of hydrogen-bond acceptors (Lipinski definition) is 3. The van der Waals surface area contributed by atoms with Gasteiger partial charge in [0.2, 0.25) is 0 Å². The summed E-state index contributed by atoms with van der Waals surface area (Å²) in [5, 5.41) is 0. The van der Waals surface area contributed by atoms with E-state index in [9.17, 15) is 9.59 Å². The van der Waals surface area contributed by atoms with Gasteiger partial charge in [0.1, 0.15) is 0 Å². The van der Waals surface area contributed by atoms with Gasteiger partial charge in [0, 0.05) is 24.7 Å². The van der Waals surface area contributed by atoms with Crippen LogP contribution in [-0.4, -0.2) is 29.9 Å². The Morgan fingerprint density at radius 2 is 2.21 bits per heavy atom. The molecule has 0 atom stereocenters. The Balaban J connectivity index is 2.16. The summed E-state index contributed by atoms with van der Waals surface area (Å²) >= 11 is 0. The second kappa shape index (κ2) is 5.69. The highest BCUT2D eigenvalue weighted by Gasteiger charge is 2.25. The van der Waals surface area contributed by atoms with Crippen LogP contribution in [0.1, 0.15) is 35.3 Å². The van der Waals surface area contributed by atoms with E-state index in [-0.39, 0.29) is 11.9 Å². The lowest BCUT2D eigenvalue weighted by molar-refractivity contribution is -0.137. The van der Waals surface area contributed by atoms with E-state index in [1.165, 1.54) is 6.08 Å². The highest BCUT2D eigenvalue weighted by atomic mass is 16.5. The zero-order chi connectivity index (χ0) is 13.8. The Morgan fingerprint density at radius 1 is 1.42 bits per heavy atom. The maximum atomic E-state index is 11.9. The number of rotatable bonds is 4. The van der Waals surface area contributed by atoms with Crippen LogP contribution in [0.2, 0.25) is 0 Å². The second-order valence-electron chi connectivity index (χ2n) is 4.32. The molecule has 0 saturated heterocycles. The summed E-state index contributed by atoms with van der Waals surface area (Å²) in [5.74, 6) is -0.271. The largest absolute Gasteiger partial charge is 0.463 e. The first-order valence-electron chi connectivity index (χ1n) is 6.42. The summed E-state index contributed by atoms with van der Waals surface area (Å²) in [6.45, 7) is 5.46. The number of amides is 1. The summed E-state index contributed by atoms with van der Waals surface area (Å²) in [6, 6.07) is 5.60. The van der Waals surface area contributed by atoms with E-state index in [0.29, 0.717) is 19.7 Å². The highest BCUT2D eigenvalue weighted by molar-refractivity contribution is 5.98. The van der Waals surface area contributed by atoms with Gasteiger partial charge >= 0.3 is 5.97 Å². The monoisotopic (exact) mass is 259 g/mol. The third-order valence-corrected chi connectivity index (χ3v) is 3.09. The van der Waals surface area contributed by atoms with Gasteiger partial charge in [-0.25, -0.2) is 4.79 Å². The molecule has 0 saturated carbocycles. The van der Waals surface area contributed by atoms with E-state index in [2.05, 4.69) is 0 Å². The average molecular weight is 259 g/mol. The van der Waals surface area contributed by atoms with Crippen molar-refractivity contribution in [1.29, 1.82) is 0 Å². The first kappa shape index (κ1) is 13.3. The molecule has 0 bridgehead atoms. The van der Waals surface area contributed by atoms with Gasteiger partial charge in [-0.1, -0.05) is 6.07 Å². The molecule has 0 N–H and O–H groups in total. The van der Waals surface area contributed by atoms with Crippen molar-refractivity contribution in [2.45, 2.75) is 20.4 Å². The molecule has 1 amide bonds. The predicted octanol–water partition coefficient (Wildman–Crippen LogP) is 2.24. The number of hydrogen-bond donors (Lipinski definition) is 0. The van der Waals surface area contributed by atoms with Gasteiger partial charge in [0.15, 0.2) is 0 Å². The third kappa shape index (κ3) is 2.84. The molecule has 1 aromatic carbocycles. The zero-order valence-corrected chi connectivity index (χ0v) is 11.2. The lowest BCUT2D eigenvalue weighted by Gasteiger charge is -2.10. The standard InChI is InChI=1S/C15H17NO3/c1-3-16-10-12-9-11(5-7-13(12)15(16)18)6-8-14(17)19-4-2/h5-9H,3-4,10H2,1-2H3/b8-6+. The van der Waals surface area contributed by atoms with Gasteiger partial charge in [-0.2, -0.15) is 0 Å². The maximum Gasteiger partial charge on any atom is 0.330 e.